The molecule has 0 bridgehead atoms. The Bertz CT molecular complexity index is 2410. The number of carbonyl (C=O) groups is 4. The van der Waals surface area contributed by atoms with Crippen molar-refractivity contribution in [1.82, 2.24) is 0 Å². The fourth-order valence-corrected chi connectivity index (χ4v) is 5.74. The van der Waals surface area contributed by atoms with Gasteiger partial charge in [0.2, 0.25) is 0 Å². The van der Waals surface area contributed by atoms with E-state index in [1.165, 1.54) is 24.3 Å². The largest absolute Gasteiger partial charge is 0.486 e. The van der Waals surface area contributed by atoms with Crippen LogP contribution in [0.1, 0.15) is 22.3 Å². The van der Waals surface area contributed by atoms with Crippen molar-refractivity contribution in [1.29, 1.82) is 10.5 Å². The van der Waals surface area contributed by atoms with E-state index in [1.807, 2.05) is 34.1 Å². The second kappa shape index (κ2) is 18.9. The summed E-state index contributed by atoms with van der Waals surface area (Å²) >= 11 is 0. The lowest BCUT2D eigenvalue weighted by Gasteiger charge is -2.28. The number of nitriles is 2. The second-order valence-electron chi connectivity index (χ2n) is 12.4. The summed E-state index contributed by atoms with van der Waals surface area (Å²) in [7, 11) is 0. The lowest BCUT2D eigenvalue weighted by molar-refractivity contribution is -0.133. The molecule has 4 N–H and O–H groups in total. The van der Waals surface area contributed by atoms with Crippen molar-refractivity contribution in [3.8, 4) is 12.1 Å². The predicted molar refractivity (Wildman–Crippen MR) is 223 cm³/mol. The number of benzene rings is 5. The molecule has 0 saturated heterocycles. The molecule has 0 amide bonds. The number of carboxylic acid groups (broad SMARTS) is 4. The van der Waals surface area contributed by atoms with Crippen LogP contribution < -0.4 is 9.80 Å². The third-order valence-corrected chi connectivity index (χ3v) is 8.58. The van der Waals surface area contributed by atoms with Crippen LogP contribution in [0.4, 0.5) is 34.1 Å². The minimum atomic E-state index is -1.37. The molecule has 0 saturated carbocycles. The van der Waals surface area contributed by atoms with Gasteiger partial charge in [-0.05, 0) is 119 Å². The molecule has 290 valence electrons. The molecule has 0 spiro atoms. The first kappa shape index (κ1) is 41.7. The van der Waals surface area contributed by atoms with Gasteiger partial charge in [-0.3, -0.25) is 9.59 Å². The Morgan fingerprint density at radius 1 is 0.417 bits per heavy atom. The summed E-state index contributed by atoms with van der Waals surface area (Å²) in [6, 6.07) is 37.7. The summed E-state index contributed by atoms with van der Waals surface area (Å²) in [5.41, 5.74) is 3.90. The van der Waals surface area contributed by atoms with Gasteiger partial charge in [-0.2, -0.15) is 10.5 Å². The summed E-state index contributed by atoms with van der Waals surface area (Å²) in [4.78, 5) is 55.7. The molecule has 5 aromatic carbocycles. The Balaban J connectivity index is 1.62. The van der Waals surface area contributed by atoms with Crippen LogP contribution in [-0.2, 0) is 19.2 Å². The van der Waals surface area contributed by atoms with E-state index >= 15 is 0 Å². The number of anilines is 6. The van der Waals surface area contributed by atoms with E-state index in [-0.39, 0.29) is 0 Å². The van der Waals surface area contributed by atoms with Gasteiger partial charge in [-0.1, -0.05) is 48.5 Å². The first-order valence-electron chi connectivity index (χ1n) is 17.3. The Kier molecular flexibility index (Phi) is 13.1. The molecule has 0 aliphatic carbocycles. The van der Waals surface area contributed by atoms with E-state index in [0.29, 0.717) is 56.4 Å². The highest BCUT2D eigenvalue weighted by Gasteiger charge is 2.18. The Morgan fingerprint density at radius 2 is 0.633 bits per heavy atom. The molecule has 5 rings (SSSR count). The zero-order valence-corrected chi connectivity index (χ0v) is 31.0. The lowest BCUT2D eigenvalue weighted by Crippen LogP contribution is -2.12. The van der Waals surface area contributed by atoms with Gasteiger partial charge >= 0.3 is 23.9 Å². The molecule has 5 aromatic rings. The zero-order valence-electron chi connectivity index (χ0n) is 31.0. The number of nitrogens with zero attached hydrogens (tertiary/aromatic N) is 6. The fourth-order valence-electron chi connectivity index (χ4n) is 5.74. The van der Waals surface area contributed by atoms with E-state index in [4.69, 9.17) is 13.1 Å². The van der Waals surface area contributed by atoms with E-state index in [0.717, 1.165) is 0 Å². The first-order valence-corrected chi connectivity index (χ1v) is 17.3. The minimum Gasteiger partial charge on any atom is -0.486 e. The Hall–Kier alpha value is -9.50. The maximum Gasteiger partial charge on any atom is 0.346 e. The number of hydrogen-bond acceptors (Lipinski definition) is 8. The van der Waals surface area contributed by atoms with Gasteiger partial charge in [-0.25, -0.2) is 19.3 Å². The van der Waals surface area contributed by atoms with Crippen molar-refractivity contribution in [2.75, 3.05) is 9.80 Å². The number of aliphatic carboxylic acids is 4. The van der Waals surface area contributed by atoms with Crippen LogP contribution in [0.5, 0.6) is 0 Å². The average molecular weight is 793 g/mol. The normalized spacial score (nSPS) is 11.5. The molecule has 0 aromatic heterocycles. The summed E-state index contributed by atoms with van der Waals surface area (Å²) in [6.45, 7) is 14.4. The van der Waals surface area contributed by atoms with Gasteiger partial charge in [-0.15, -0.1) is 0 Å². The molecule has 0 unspecified atom stereocenters. The molecule has 14 heteroatoms. The minimum absolute atomic E-state index is 0.444. The summed E-state index contributed by atoms with van der Waals surface area (Å²) in [6.07, 6.45) is 4.99. The highest BCUT2D eigenvalue weighted by molar-refractivity contribution is 5.98. The van der Waals surface area contributed by atoms with Crippen molar-refractivity contribution >= 4 is 82.3 Å². The summed E-state index contributed by atoms with van der Waals surface area (Å²) < 4.78 is 0. The van der Waals surface area contributed by atoms with Crippen molar-refractivity contribution in [2.24, 2.45) is 0 Å². The highest BCUT2D eigenvalue weighted by Crippen LogP contribution is 2.39. The molecule has 0 aliphatic rings. The van der Waals surface area contributed by atoms with Crippen molar-refractivity contribution in [3.05, 3.63) is 189 Å². The van der Waals surface area contributed by atoms with E-state index < -0.39 is 46.4 Å². The molecular formula is C46H28N6O8. The Labute approximate surface area is 342 Å². The lowest BCUT2D eigenvalue weighted by atomic mass is 10.1. The molecule has 14 nitrogen and oxygen atoms in total. The van der Waals surface area contributed by atoms with Crippen molar-refractivity contribution < 1.29 is 39.6 Å². The SMILES string of the molecule is [C-]#[N+]/C(=C\c1ccc(N(c2ccc(/C=C(/[N+]#[C-])C(=O)O)cc2)c2ccc(N(c3ccc(/C=C(/C#N)C(=O)O)cc3)c3ccc(/C=C(\C#N)C(=O)O)cc3)cc2)cc1)C(=O)O. The quantitative estimate of drug-likeness (QED) is 0.0471. The molecule has 0 fully saturated rings. The van der Waals surface area contributed by atoms with E-state index in [1.54, 1.807) is 109 Å². The van der Waals surface area contributed by atoms with Crippen LogP contribution in [0.3, 0.4) is 0 Å². The molecular weight excluding hydrogens is 765 g/mol. The third-order valence-electron chi connectivity index (χ3n) is 8.58. The molecule has 0 atom stereocenters. The van der Waals surface area contributed by atoms with Gasteiger partial charge in [0.05, 0.1) is 13.1 Å². The fraction of sp³-hybridized carbons (Fsp3) is 0. The van der Waals surface area contributed by atoms with Crippen LogP contribution in [0.15, 0.2) is 144 Å². The predicted octanol–water partition coefficient (Wildman–Crippen LogP) is 9.30. The van der Waals surface area contributed by atoms with Crippen molar-refractivity contribution in [3.63, 3.8) is 0 Å². The molecule has 0 radical (unpaired) electrons. The van der Waals surface area contributed by atoms with Crippen LogP contribution in [0.25, 0.3) is 34.0 Å². The van der Waals surface area contributed by atoms with Gasteiger partial charge in [0, 0.05) is 34.1 Å². The maximum absolute atomic E-state index is 11.5. The van der Waals surface area contributed by atoms with E-state index in [2.05, 4.69) is 9.69 Å². The zero-order chi connectivity index (χ0) is 43.3. The summed E-state index contributed by atoms with van der Waals surface area (Å²) in [5.74, 6) is -5.45. The van der Waals surface area contributed by atoms with Gasteiger partial charge in [0.1, 0.15) is 23.3 Å². The molecule has 0 aliphatic heterocycles. The first-order chi connectivity index (χ1) is 28.8. The van der Waals surface area contributed by atoms with Crippen molar-refractivity contribution in [2.45, 2.75) is 0 Å². The second-order valence-corrected chi connectivity index (χ2v) is 12.4. The number of carboxylic acids is 4. The van der Waals surface area contributed by atoms with Crippen LogP contribution >= 0.6 is 0 Å². The smallest absolute Gasteiger partial charge is 0.346 e. The number of hydrogen-bond donors (Lipinski definition) is 4. The third kappa shape index (κ3) is 10.0. The molecule has 0 heterocycles. The monoisotopic (exact) mass is 792 g/mol. The summed E-state index contributed by atoms with van der Waals surface area (Å²) in [5, 5.41) is 55.8. The van der Waals surface area contributed by atoms with Crippen LogP contribution in [0, 0.1) is 35.8 Å². The van der Waals surface area contributed by atoms with Gasteiger partial charge in [0.15, 0.2) is 0 Å². The topological polar surface area (TPSA) is 212 Å². The maximum atomic E-state index is 11.5. The van der Waals surface area contributed by atoms with Crippen LogP contribution in [-0.4, -0.2) is 44.3 Å². The van der Waals surface area contributed by atoms with Crippen LogP contribution in [0.2, 0.25) is 0 Å². The van der Waals surface area contributed by atoms with E-state index in [9.17, 15) is 50.1 Å². The highest BCUT2D eigenvalue weighted by atomic mass is 16.4. The standard InChI is InChI=1S/C46H28N6O8/c1-49-41(45(57)58)25-31-7-15-37(16-8-31)52(38-17-9-32(10-18-38)26-42(50-2)46(59)60)40-21-19-39(20-22-40)51(35-11-3-29(4-12-35)23-33(27-47)43(53)54)36-13-5-30(6-14-36)24-34(28-48)44(55)56/h3-26H,(H,53,54)(H,55,56)(H,57,58)(H,59,60)/b33-23-,34-24+,41-25-,42-26+. The molecule has 60 heavy (non-hydrogen) atoms. The van der Waals surface area contributed by atoms with Gasteiger partial charge < -0.3 is 30.2 Å². The number of rotatable bonds is 14. The Morgan fingerprint density at radius 3 is 0.817 bits per heavy atom. The van der Waals surface area contributed by atoms with Gasteiger partial charge in [0.25, 0.3) is 11.4 Å². The average Bonchev–Trinajstić information content (AvgIpc) is 3.25.